The first kappa shape index (κ1) is 20.6. The van der Waals surface area contributed by atoms with Crippen molar-refractivity contribution in [1.29, 1.82) is 0 Å². The van der Waals surface area contributed by atoms with E-state index in [1.807, 2.05) is 12.1 Å². The largest absolute Gasteiger partial charge is 0.496 e. The Morgan fingerprint density at radius 2 is 1.67 bits per heavy atom. The van der Waals surface area contributed by atoms with E-state index in [0.717, 1.165) is 48.3 Å². The Kier molecular flexibility index (Phi) is 5.92. The maximum atomic E-state index is 12.9. The highest BCUT2D eigenvalue weighted by Gasteiger charge is 2.36. The third-order valence-electron chi connectivity index (χ3n) is 5.14. The number of anilines is 2. The van der Waals surface area contributed by atoms with Crippen LogP contribution in [0.2, 0.25) is 5.02 Å². The molecule has 6 nitrogen and oxygen atoms in total. The number of amides is 2. The van der Waals surface area contributed by atoms with Crippen molar-refractivity contribution in [3.63, 3.8) is 0 Å². The Morgan fingerprint density at radius 1 is 1.00 bits per heavy atom. The number of methoxy groups -OCH3 is 2. The summed E-state index contributed by atoms with van der Waals surface area (Å²) in [5, 5.41) is 0.185. The molecule has 2 saturated heterocycles. The Morgan fingerprint density at radius 3 is 2.30 bits per heavy atom. The van der Waals surface area contributed by atoms with Crippen LogP contribution in [0.5, 0.6) is 11.5 Å². The van der Waals surface area contributed by atoms with E-state index in [2.05, 4.69) is 4.90 Å². The molecule has 2 aliphatic rings. The van der Waals surface area contributed by atoms with Crippen molar-refractivity contribution in [2.75, 3.05) is 37.1 Å². The highest BCUT2D eigenvalue weighted by Crippen LogP contribution is 2.41. The van der Waals surface area contributed by atoms with Gasteiger partial charge in [0, 0.05) is 29.7 Å². The topological polar surface area (TPSA) is 59.1 Å². The van der Waals surface area contributed by atoms with E-state index in [0.29, 0.717) is 32.7 Å². The van der Waals surface area contributed by atoms with Gasteiger partial charge < -0.3 is 14.4 Å². The van der Waals surface area contributed by atoms with Crippen LogP contribution in [-0.4, -0.2) is 38.5 Å². The maximum absolute atomic E-state index is 12.9. The minimum absolute atomic E-state index is 0.323. The predicted octanol–water partition coefficient (Wildman–Crippen LogP) is 5.20. The first-order valence-electron chi connectivity index (χ1n) is 9.56. The van der Waals surface area contributed by atoms with Gasteiger partial charge in [-0.3, -0.25) is 9.59 Å². The van der Waals surface area contributed by atoms with Crippen molar-refractivity contribution in [2.24, 2.45) is 0 Å². The van der Waals surface area contributed by atoms with E-state index >= 15 is 0 Å². The maximum Gasteiger partial charge on any atom is 0.298 e. The minimum atomic E-state index is -0.378. The van der Waals surface area contributed by atoms with Crippen LogP contribution in [0.25, 0.3) is 6.08 Å². The van der Waals surface area contributed by atoms with Crippen LogP contribution in [-0.2, 0) is 4.79 Å². The van der Waals surface area contributed by atoms with Crippen LogP contribution in [0.15, 0.2) is 41.3 Å². The normalized spacial score (nSPS) is 17.9. The third-order valence-corrected chi connectivity index (χ3v) is 6.26. The zero-order valence-electron chi connectivity index (χ0n) is 16.7. The van der Waals surface area contributed by atoms with Gasteiger partial charge in [0.1, 0.15) is 11.5 Å². The number of benzene rings is 2. The lowest BCUT2D eigenvalue weighted by molar-refractivity contribution is -0.113. The van der Waals surface area contributed by atoms with Crippen LogP contribution >= 0.6 is 23.4 Å². The molecule has 2 aromatic rings. The fraction of sp³-hybridized carbons (Fsp3) is 0.273. The van der Waals surface area contributed by atoms with Crippen molar-refractivity contribution < 1.29 is 19.1 Å². The van der Waals surface area contributed by atoms with Crippen LogP contribution < -0.4 is 19.3 Å². The lowest BCUT2D eigenvalue weighted by atomic mass is 10.1. The molecule has 2 aromatic carbocycles. The molecule has 0 atom stereocenters. The summed E-state index contributed by atoms with van der Waals surface area (Å²) in [5.41, 5.74) is 2.14. The average Bonchev–Trinajstić information content (AvgIpc) is 3.37. The third kappa shape index (κ3) is 3.87. The zero-order valence-corrected chi connectivity index (χ0v) is 18.3. The van der Waals surface area contributed by atoms with Gasteiger partial charge in [-0.25, -0.2) is 4.90 Å². The molecule has 30 heavy (non-hydrogen) atoms. The summed E-state index contributed by atoms with van der Waals surface area (Å²) in [6, 6.07) is 10.4. The smallest absolute Gasteiger partial charge is 0.298 e. The van der Waals surface area contributed by atoms with Crippen molar-refractivity contribution in [3.8, 4) is 11.5 Å². The quantitative estimate of drug-likeness (QED) is 0.591. The van der Waals surface area contributed by atoms with E-state index in [1.54, 1.807) is 44.6 Å². The summed E-state index contributed by atoms with van der Waals surface area (Å²) in [6.07, 6.45) is 3.96. The second-order valence-electron chi connectivity index (χ2n) is 6.95. The van der Waals surface area contributed by atoms with Crippen LogP contribution in [0.3, 0.4) is 0 Å². The van der Waals surface area contributed by atoms with Gasteiger partial charge in [0.25, 0.3) is 11.1 Å². The number of carbonyl (C=O) groups is 2. The average molecular weight is 445 g/mol. The number of thioether (sulfide) groups is 1. The van der Waals surface area contributed by atoms with Gasteiger partial charge in [-0.05, 0) is 61.0 Å². The van der Waals surface area contributed by atoms with Gasteiger partial charge in [-0.15, -0.1) is 0 Å². The lowest BCUT2D eigenvalue weighted by Gasteiger charge is -2.22. The summed E-state index contributed by atoms with van der Waals surface area (Å²) in [4.78, 5) is 29.2. The van der Waals surface area contributed by atoms with E-state index in [9.17, 15) is 9.59 Å². The van der Waals surface area contributed by atoms with Crippen molar-refractivity contribution in [3.05, 3.63) is 51.9 Å². The van der Waals surface area contributed by atoms with Gasteiger partial charge in [0.2, 0.25) is 0 Å². The molecule has 2 aliphatic heterocycles. The highest BCUT2D eigenvalue weighted by atomic mass is 35.5. The molecule has 0 bridgehead atoms. The SMILES string of the molecule is COc1cc(N2CCCC2)c(OC)cc1/C=C1/SC(=O)N(c2ccc(Cl)cc2)C1=O. The molecule has 2 heterocycles. The molecule has 0 N–H and O–H groups in total. The fourth-order valence-electron chi connectivity index (χ4n) is 3.64. The predicted molar refractivity (Wildman–Crippen MR) is 121 cm³/mol. The molecule has 0 aliphatic carbocycles. The molecule has 8 heteroatoms. The molecule has 0 aromatic heterocycles. The summed E-state index contributed by atoms with van der Waals surface area (Å²) in [6.45, 7) is 1.94. The molecule has 4 rings (SSSR count). The fourth-order valence-corrected chi connectivity index (χ4v) is 4.60. The number of carbonyl (C=O) groups excluding carboxylic acids is 2. The van der Waals surface area contributed by atoms with E-state index < -0.39 is 0 Å². The van der Waals surface area contributed by atoms with E-state index in [4.69, 9.17) is 21.1 Å². The Labute approximate surface area is 184 Å². The second kappa shape index (κ2) is 8.62. The minimum Gasteiger partial charge on any atom is -0.496 e. The van der Waals surface area contributed by atoms with Crippen molar-refractivity contribution in [1.82, 2.24) is 0 Å². The van der Waals surface area contributed by atoms with Crippen LogP contribution in [0, 0.1) is 0 Å². The monoisotopic (exact) mass is 444 g/mol. The van der Waals surface area contributed by atoms with Gasteiger partial charge in [-0.2, -0.15) is 0 Å². The molecular weight excluding hydrogens is 424 g/mol. The number of ether oxygens (including phenoxy) is 2. The van der Waals surface area contributed by atoms with Gasteiger partial charge >= 0.3 is 0 Å². The second-order valence-corrected chi connectivity index (χ2v) is 8.38. The molecule has 0 spiro atoms. The lowest BCUT2D eigenvalue weighted by Crippen LogP contribution is -2.27. The van der Waals surface area contributed by atoms with Crippen molar-refractivity contribution >= 4 is 52.0 Å². The summed E-state index contributed by atoms with van der Waals surface area (Å²) in [5.74, 6) is 0.953. The number of hydrogen-bond acceptors (Lipinski definition) is 6. The molecule has 2 amide bonds. The molecule has 0 saturated carbocycles. The molecule has 0 radical (unpaired) electrons. The number of halogens is 1. The standard InChI is InChI=1S/C22H21ClN2O4S/c1-28-18-13-17(24-9-3-4-10-24)19(29-2)11-14(18)12-20-21(26)25(22(27)30-20)16-7-5-15(23)6-8-16/h5-8,11-13H,3-4,9-10H2,1-2H3/b20-12+. The zero-order chi connectivity index (χ0) is 21.3. The highest BCUT2D eigenvalue weighted by molar-refractivity contribution is 8.19. The summed E-state index contributed by atoms with van der Waals surface area (Å²) < 4.78 is 11.2. The number of hydrogen-bond donors (Lipinski definition) is 0. The Balaban J connectivity index is 1.69. The molecule has 156 valence electrons. The summed E-state index contributed by atoms with van der Waals surface area (Å²) in [7, 11) is 3.21. The van der Waals surface area contributed by atoms with Gasteiger partial charge in [-0.1, -0.05) is 11.6 Å². The number of rotatable bonds is 5. The Hall–Kier alpha value is -2.64. The Bertz CT molecular complexity index is 1020. The van der Waals surface area contributed by atoms with Gasteiger partial charge in [0.05, 0.1) is 30.5 Å². The van der Waals surface area contributed by atoms with Crippen LogP contribution in [0.1, 0.15) is 18.4 Å². The molecular formula is C22H21ClN2O4S. The summed E-state index contributed by atoms with van der Waals surface area (Å²) >= 11 is 6.81. The first-order valence-corrected chi connectivity index (χ1v) is 10.8. The molecule has 0 unspecified atom stereocenters. The van der Waals surface area contributed by atoms with E-state index in [1.165, 1.54) is 0 Å². The van der Waals surface area contributed by atoms with Crippen LogP contribution in [0.4, 0.5) is 16.2 Å². The van der Waals surface area contributed by atoms with Gasteiger partial charge in [0.15, 0.2) is 0 Å². The van der Waals surface area contributed by atoms with E-state index in [-0.39, 0.29) is 11.1 Å². The number of imide groups is 1. The molecule has 2 fully saturated rings. The first-order chi connectivity index (χ1) is 14.5. The van der Waals surface area contributed by atoms with Crippen molar-refractivity contribution in [2.45, 2.75) is 12.8 Å². The number of nitrogens with zero attached hydrogens (tertiary/aromatic N) is 2.